The van der Waals surface area contributed by atoms with E-state index in [4.69, 9.17) is 16.2 Å². The monoisotopic (exact) mass is 513 g/mol. The first-order valence-corrected chi connectivity index (χ1v) is 11.3. The van der Waals surface area contributed by atoms with Crippen molar-refractivity contribution in [3.05, 3.63) is 79.4 Å². The number of nitro groups is 2. The molecule has 2 aromatic rings. The van der Waals surface area contributed by atoms with E-state index in [2.05, 4.69) is 15.5 Å². The number of carbonyl (C=O) groups excluding carboxylic acids is 2. The molecule has 0 aromatic heterocycles. The van der Waals surface area contributed by atoms with E-state index in [9.17, 15) is 29.8 Å². The van der Waals surface area contributed by atoms with Gasteiger partial charge in [-0.15, -0.1) is 0 Å². The molecule has 1 aliphatic heterocycles. The topological polar surface area (TPSA) is 209 Å². The van der Waals surface area contributed by atoms with Crippen LogP contribution in [0, 0.1) is 20.2 Å². The van der Waals surface area contributed by atoms with Gasteiger partial charge in [-0.05, 0) is 23.8 Å². The number of hydrogen-bond acceptors (Lipinski definition) is 10. The van der Waals surface area contributed by atoms with Gasteiger partial charge in [0, 0.05) is 56.0 Å². The third-order valence-corrected chi connectivity index (χ3v) is 5.63. The summed E-state index contributed by atoms with van der Waals surface area (Å²) in [7, 11) is 0. The van der Waals surface area contributed by atoms with Gasteiger partial charge in [0.15, 0.2) is 0 Å². The van der Waals surface area contributed by atoms with Crippen LogP contribution >= 0.6 is 0 Å². The summed E-state index contributed by atoms with van der Waals surface area (Å²) in [6, 6.07) is 6.57. The van der Waals surface area contributed by atoms with Crippen LogP contribution in [0.5, 0.6) is 0 Å². The molecular weight excluding hydrogens is 486 g/mol. The zero-order chi connectivity index (χ0) is 26.9. The average Bonchev–Trinajstić information content (AvgIpc) is 2.86. The maximum Gasteiger partial charge on any atom is 0.293 e. The normalized spacial score (nSPS) is 13.8. The van der Waals surface area contributed by atoms with Crippen LogP contribution in [-0.2, 0) is 11.3 Å². The van der Waals surface area contributed by atoms with Gasteiger partial charge in [0.1, 0.15) is 11.4 Å². The van der Waals surface area contributed by atoms with Gasteiger partial charge < -0.3 is 26.8 Å². The SMILES string of the molecule is NC(=O)c1ccc(NC/C=C/CNc2c(CN3CCOCC3)cc(C(N)=O)cc2[N+](=O)[O-])c([N+](=O)[O-])c1. The Morgan fingerprint density at radius 2 is 1.51 bits per heavy atom. The van der Waals surface area contributed by atoms with Gasteiger partial charge in [-0.1, -0.05) is 12.2 Å². The molecule has 6 N–H and O–H groups in total. The molecule has 0 saturated carbocycles. The Labute approximate surface area is 211 Å². The summed E-state index contributed by atoms with van der Waals surface area (Å²) >= 11 is 0. The van der Waals surface area contributed by atoms with Crippen molar-refractivity contribution in [3.63, 3.8) is 0 Å². The lowest BCUT2D eigenvalue weighted by Gasteiger charge is -2.27. The summed E-state index contributed by atoms with van der Waals surface area (Å²) in [5.41, 5.74) is 11.1. The van der Waals surface area contributed by atoms with Crippen LogP contribution in [0.4, 0.5) is 22.7 Å². The summed E-state index contributed by atoms with van der Waals surface area (Å²) in [6.45, 7) is 3.15. The number of benzene rings is 2. The van der Waals surface area contributed by atoms with E-state index >= 15 is 0 Å². The fourth-order valence-corrected chi connectivity index (χ4v) is 3.78. The van der Waals surface area contributed by atoms with Crippen LogP contribution < -0.4 is 22.1 Å². The van der Waals surface area contributed by atoms with E-state index in [0.717, 1.165) is 12.1 Å². The zero-order valence-electron chi connectivity index (χ0n) is 19.8. The Bertz CT molecular complexity index is 1230. The summed E-state index contributed by atoms with van der Waals surface area (Å²) in [6.07, 6.45) is 3.38. The third-order valence-electron chi connectivity index (χ3n) is 5.63. The van der Waals surface area contributed by atoms with Crippen LogP contribution in [-0.4, -0.2) is 66.0 Å². The van der Waals surface area contributed by atoms with Crippen molar-refractivity contribution < 1.29 is 24.2 Å². The minimum absolute atomic E-state index is 0.0221. The summed E-state index contributed by atoms with van der Waals surface area (Å²) in [4.78, 5) is 47.0. The average molecular weight is 514 g/mol. The highest BCUT2D eigenvalue weighted by atomic mass is 16.6. The highest BCUT2D eigenvalue weighted by Gasteiger charge is 2.23. The minimum Gasteiger partial charge on any atom is -0.379 e. The van der Waals surface area contributed by atoms with Gasteiger partial charge in [0.25, 0.3) is 11.4 Å². The number of hydrogen-bond donors (Lipinski definition) is 4. The molecule has 0 atom stereocenters. The quantitative estimate of drug-likeness (QED) is 0.183. The number of ether oxygens (including phenoxy) is 1. The molecule has 0 unspecified atom stereocenters. The van der Waals surface area contributed by atoms with Gasteiger partial charge in [0.05, 0.1) is 23.1 Å². The van der Waals surface area contributed by atoms with Crippen molar-refractivity contribution in [1.82, 2.24) is 4.90 Å². The second-order valence-electron chi connectivity index (χ2n) is 8.13. The first-order valence-electron chi connectivity index (χ1n) is 11.3. The molecule has 3 rings (SSSR count). The number of primary amides is 2. The fraction of sp³-hybridized carbons (Fsp3) is 0.304. The lowest BCUT2D eigenvalue weighted by molar-refractivity contribution is -0.384. The molecule has 0 radical (unpaired) electrons. The van der Waals surface area contributed by atoms with Crippen LogP contribution in [0.15, 0.2) is 42.5 Å². The zero-order valence-corrected chi connectivity index (χ0v) is 19.8. The summed E-state index contributed by atoms with van der Waals surface area (Å²) in [5.74, 6) is -1.53. The van der Waals surface area contributed by atoms with Gasteiger partial charge in [-0.25, -0.2) is 0 Å². The van der Waals surface area contributed by atoms with Crippen molar-refractivity contribution in [2.75, 3.05) is 50.0 Å². The maximum absolute atomic E-state index is 11.8. The molecular formula is C23H27N7O7. The van der Waals surface area contributed by atoms with Gasteiger partial charge >= 0.3 is 0 Å². The summed E-state index contributed by atoms with van der Waals surface area (Å²) in [5, 5.41) is 29.0. The number of nitrogens with two attached hydrogens (primary N) is 2. The molecule has 0 aliphatic carbocycles. The molecule has 0 spiro atoms. The highest BCUT2D eigenvalue weighted by Crippen LogP contribution is 2.31. The lowest BCUT2D eigenvalue weighted by atomic mass is 10.0. The fourth-order valence-electron chi connectivity index (χ4n) is 3.78. The number of rotatable bonds is 12. The Morgan fingerprint density at radius 1 is 0.919 bits per heavy atom. The predicted molar refractivity (Wildman–Crippen MR) is 135 cm³/mol. The standard InChI is InChI=1S/C23H27N7O7/c24-22(31)15-3-4-18(19(12-15)29(33)34)26-5-1-2-6-27-21-17(14-28-7-9-37-10-8-28)11-16(23(25)32)13-20(21)30(35)36/h1-4,11-13,26-27H,5-10,14H2,(H2,24,31)(H2,25,32)/b2-1+. The molecule has 14 heteroatoms. The van der Waals surface area contributed by atoms with Crippen LogP contribution in [0.25, 0.3) is 0 Å². The number of nitro benzene ring substituents is 2. The van der Waals surface area contributed by atoms with Gasteiger partial charge in [0.2, 0.25) is 11.8 Å². The van der Waals surface area contributed by atoms with E-state index in [0.29, 0.717) is 38.4 Å². The Balaban J connectivity index is 1.71. The van der Waals surface area contributed by atoms with Gasteiger partial charge in [-0.3, -0.25) is 34.7 Å². The first kappa shape index (κ1) is 27.0. The first-order chi connectivity index (χ1) is 17.7. The number of morpholine rings is 1. The molecule has 1 aliphatic rings. The smallest absolute Gasteiger partial charge is 0.293 e. The number of amides is 2. The molecule has 14 nitrogen and oxygen atoms in total. The number of carbonyl (C=O) groups is 2. The van der Waals surface area contributed by atoms with E-state index in [1.54, 1.807) is 18.2 Å². The lowest BCUT2D eigenvalue weighted by Crippen LogP contribution is -2.36. The number of anilines is 2. The molecule has 1 heterocycles. The van der Waals surface area contributed by atoms with Crippen molar-refractivity contribution >= 4 is 34.6 Å². The Hall–Kier alpha value is -4.56. The molecule has 2 amide bonds. The number of nitrogens with zero attached hydrogens (tertiary/aromatic N) is 3. The van der Waals surface area contributed by atoms with Crippen molar-refractivity contribution in [3.8, 4) is 0 Å². The molecule has 1 saturated heterocycles. The molecule has 2 aromatic carbocycles. The predicted octanol–water partition coefficient (Wildman–Crippen LogP) is 1.61. The van der Waals surface area contributed by atoms with Crippen molar-refractivity contribution in [2.45, 2.75) is 6.54 Å². The Morgan fingerprint density at radius 3 is 2.11 bits per heavy atom. The maximum atomic E-state index is 11.8. The number of nitrogens with one attached hydrogen (secondary N) is 2. The second-order valence-corrected chi connectivity index (χ2v) is 8.13. The molecule has 0 bridgehead atoms. The van der Waals surface area contributed by atoms with Crippen LogP contribution in [0.3, 0.4) is 0 Å². The van der Waals surface area contributed by atoms with E-state index in [1.807, 2.05) is 0 Å². The minimum atomic E-state index is -0.772. The Kier molecular flexibility index (Phi) is 9.07. The molecule has 37 heavy (non-hydrogen) atoms. The molecule has 1 fully saturated rings. The largest absolute Gasteiger partial charge is 0.379 e. The van der Waals surface area contributed by atoms with E-state index < -0.39 is 21.7 Å². The highest BCUT2D eigenvalue weighted by molar-refractivity contribution is 5.95. The van der Waals surface area contributed by atoms with Crippen LogP contribution in [0.1, 0.15) is 26.3 Å². The van der Waals surface area contributed by atoms with E-state index in [1.165, 1.54) is 12.1 Å². The molecule has 196 valence electrons. The summed E-state index contributed by atoms with van der Waals surface area (Å²) < 4.78 is 5.35. The second kappa shape index (κ2) is 12.4. The van der Waals surface area contributed by atoms with E-state index in [-0.39, 0.29) is 47.0 Å². The van der Waals surface area contributed by atoms with Crippen molar-refractivity contribution in [2.24, 2.45) is 11.5 Å². The van der Waals surface area contributed by atoms with Crippen LogP contribution in [0.2, 0.25) is 0 Å². The third kappa shape index (κ3) is 7.22. The van der Waals surface area contributed by atoms with Crippen molar-refractivity contribution in [1.29, 1.82) is 0 Å². The van der Waals surface area contributed by atoms with Gasteiger partial charge in [-0.2, -0.15) is 0 Å².